The number of rotatable bonds is 4. The molecule has 1 heterocycles. The summed E-state index contributed by atoms with van der Waals surface area (Å²) < 4.78 is 47.8. The summed E-state index contributed by atoms with van der Waals surface area (Å²) in [5, 5.41) is 0. The average molecular weight is 325 g/mol. The van der Waals surface area contributed by atoms with Crippen LogP contribution in [-0.4, -0.2) is 21.2 Å². The van der Waals surface area contributed by atoms with Gasteiger partial charge in [0.25, 0.3) is 0 Å². The van der Waals surface area contributed by atoms with Crippen LogP contribution in [0.25, 0.3) is 0 Å². The number of hydroxylamine groups is 1. The lowest BCUT2D eigenvalue weighted by atomic mass is 10.4. The lowest BCUT2D eigenvalue weighted by molar-refractivity contribution is 0.376. The third-order valence-electron chi connectivity index (χ3n) is 3.08. The Bertz CT molecular complexity index is 786. The number of hydrogen-bond acceptors (Lipinski definition) is 6. The Balaban J connectivity index is 2.15. The van der Waals surface area contributed by atoms with Gasteiger partial charge in [-0.15, -0.1) is 5.48 Å². The first-order chi connectivity index (χ1) is 9.92. The van der Waals surface area contributed by atoms with Crippen molar-refractivity contribution in [3.05, 3.63) is 60.7 Å². The van der Waals surface area contributed by atoms with Crippen molar-refractivity contribution in [3.63, 3.8) is 0 Å². The molecule has 21 heavy (non-hydrogen) atoms. The van der Waals surface area contributed by atoms with Crippen LogP contribution in [0.2, 0.25) is 0 Å². The molecule has 0 amide bonds. The van der Waals surface area contributed by atoms with Crippen molar-refractivity contribution in [2.24, 2.45) is 0 Å². The van der Waals surface area contributed by atoms with Gasteiger partial charge in [-0.25, -0.2) is 21.7 Å². The molecule has 0 atom stereocenters. The zero-order valence-electron chi connectivity index (χ0n) is 10.6. The first-order valence-electron chi connectivity index (χ1n) is 5.96. The molecule has 0 spiro atoms. The van der Waals surface area contributed by atoms with Crippen LogP contribution < -0.4 is 5.48 Å². The second kappa shape index (κ2) is 4.63. The van der Waals surface area contributed by atoms with E-state index in [1.807, 2.05) is 5.48 Å². The van der Waals surface area contributed by atoms with Gasteiger partial charge in [0.1, 0.15) is 0 Å². The minimum Gasteiger partial charge on any atom is -0.240 e. The quantitative estimate of drug-likeness (QED) is 0.844. The number of benzene rings is 2. The topological polar surface area (TPSA) is 103 Å². The maximum absolute atomic E-state index is 12.6. The Hall–Kier alpha value is -1.74. The van der Waals surface area contributed by atoms with E-state index in [-0.39, 0.29) is 9.79 Å². The van der Waals surface area contributed by atoms with Gasteiger partial charge in [0.05, 0.1) is 9.79 Å². The molecule has 1 fully saturated rings. The Morgan fingerprint density at radius 1 is 0.714 bits per heavy atom. The molecule has 110 valence electrons. The van der Waals surface area contributed by atoms with E-state index in [9.17, 15) is 16.8 Å². The van der Waals surface area contributed by atoms with Crippen LogP contribution in [0.15, 0.2) is 70.5 Å². The van der Waals surface area contributed by atoms with E-state index in [2.05, 4.69) is 0 Å². The summed E-state index contributed by atoms with van der Waals surface area (Å²) >= 11 is 0. The van der Waals surface area contributed by atoms with Crippen molar-refractivity contribution in [1.29, 1.82) is 0 Å². The predicted molar refractivity (Wildman–Crippen MR) is 74.2 cm³/mol. The van der Waals surface area contributed by atoms with Gasteiger partial charge in [-0.1, -0.05) is 36.4 Å². The lowest BCUT2D eigenvalue weighted by Crippen LogP contribution is -2.37. The molecule has 0 saturated carbocycles. The first kappa shape index (κ1) is 14.2. The zero-order chi connectivity index (χ0) is 15.1. The Kier molecular flexibility index (Phi) is 3.14. The molecule has 1 N–H and O–H groups in total. The van der Waals surface area contributed by atoms with E-state index >= 15 is 0 Å². The molecule has 1 aliphatic heterocycles. The molecule has 0 bridgehead atoms. The van der Waals surface area contributed by atoms with Gasteiger partial charge in [-0.05, 0) is 24.3 Å². The minimum absolute atomic E-state index is 0.130. The van der Waals surface area contributed by atoms with E-state index in [4.69, 9.17) is 4.84 Å². The second-order valence-corrected chi connectivity index (χ2v) is 8.76. The molecule has 1 saturated heterocycles. The summed E-state index contributed by atoms with van der Waals surface area (Å²) in [7, 11) is -8.51. The van der Waals surface area contributed by atoms with Crippen LogP contribution >= 0.6 is 0 Å². The van der Waals surface area contributed by atoms with Crippen molar-refractivity contribution >= 4 is 19.7 Å². The third-order valence-corrected chi connectivity index (χ3v) is 7.93. The number of hydrogen-bond donors (Lipinski definition) is 1. The van der Waals surface area contributed by atoms with Crippen LogP contribution in [-0.2, 0) is 24.5 Å². The normalized spacial score (nSPS) is 17.3. The fraction of sp³-hybridized carbons (Fsp3) is 0.0769. The SMILES string of the molecule is O=S(=O)(c1ccccc1)C1(S(=O)(=O)c2ccccc2)NO1. The van der Waals surface area contributed by atoms with Crippen molar-refractivity contribution in [1.82, 2.24) is 5.48 Å². The molecule has 1 aliphatic rings. The van der Waals surface area contributed by atoms with Gasteiger partial charge in [0.2, 0.25) is 19.7 Å². The molecule has 8 heteroatoms. The van der Waals surface area contributed by atoms with E-state index in [0.717, 1.165) is 0 Å². The highest BCUT2D eigenvalue weighted by Gasteiger charge is 2.69. The van der Waals surface area contributed by atoms with Crippen molar-refractivity contribution in [3.8, 4) is 0 Å². The average Bonchev–Trinajstić information content (AvgIpc) is 3.31. The fourth-order valence-corrected chi connectivity index (χ4v) is 5.82. The van der Waals surface area contributed by atoms with Crippen molar-refractivity contribution in [2.75, 3.05) is 0 Å². The molecule has 2 aromatic carbocycles. The first-order valence-corrected chi connectivity index (χ1v) is 8.93. The predicted octanol–water partition coefficient (Wildman–Crippen LogP) is 1.08. The van der Waals surface area contributed by atoms with Gasteiger partial charge >= 0.3 is 4.39 Å². The fourth-order valence-electron chi connectivity index (χ4n) is 1.92. The number of nitrogens with one attached hydrogen (secondary N) is 1. The van der Waals surface area contributed by atoms with E-state index < -0.39 is 24.1 Å². The molecule has 0 unspecified atom stereocenters. The summed E-state index contributed by atoms with van der Waals surface area (Å²) in [5.41, 5.74) is 2.05. The molecule has 6 nitrogen and oxygen atoms in total. The summed E-state index contributed by atoms with van der Waals surface area (Å²) in [4.78, 5) is 4.45. The van der Waals surface area contributed by atoms with Gasteiger partial charge < -0.3 is 0 Å². The lowest BCUT2D eigenvalue weighted by Gasteiger charge is -2.12. The maximum atomic E-state index is 12.6. The van der Waals surface area contributed by atoms with Crippen LogP contribution in [0.5, 0.6) is 0 Å². The summed E-state index contributed by atoms with van der Waals surface area (Å²) in [6, 6.07) is 14.6. The van der Waals surface area contributed by atoms with Crippen molar-refractivity contribution < 1.29 is 21.7 Å². The van der Waals surface area contributed by atoms with Gasteiger partial charge in [-0.2, -0.15) is 0 Å². The summed E-state index contributed by atoms with van der Waals surface area (Å²) in [5.74, 6) is 0. The molecule has 0 aliphatic carbocycles. The van der Waals surface area contributed by atoms with Gasteiger partial charge in [0, 0.05) is 0 Å². The van der Waals surface area contributed by atoms with Crippen LogP contribution in [0.4, 0.5) is 0 Å². The third kappa shape index (κ3) is 1.99. The highest BCUT2D eigenvalue weighted by Crippen LogP contribution is 2.41. The Morgan fingerprint density at radius 3 is 1.33 bits per heavy atom. The van der Waals surface area contributed by atoms with E-state index in [0.29, 0.717) is 0 Å². The standard InChI is InChI=1S/C13H11NO5S2/c15-20(16,11-7-3-1-4-8-11)13(14-19-13)21(17,18)12-9-5-2-6-10-12/h1-10,14H. The molecular formula is C13H11NO5S2. The van der Waals surface area contributed by atoms with Gasteiger partial charge in [0.15, 0.2) is 0 Å². The van der Waals surface area contributed by atoms with Crippen LogP contribution in [0.1, 0.15) is 0 Å². The highest BCUT2D eigenvalue weighted by atomic mass is 32.3. The van der Waals surface area contributed by atoms with Crippen LogP contribution in [0, 0.1) is 0 Å². The molecule has 0 radical (unpaired) electrons. The molecule has 3 rings (SSSR count). The van der Waals surface area contributed by atoms with E-state index in [1.165, 1.54) is 48.5 Å². The smallest absolute Gasteiger partial charge is 0.240 e. The Labute approximate surface area is 122 Å². The zero-order valence-corrected chi connectivity index (χ0v) is 12.3. The molecule has 0 aromatic heterocycles. The molecular weight excluding hydrogens is 314 g/mol. The highest BCUT2D eigenvalue weighted by molar-refractivity contribution is 8.10. The van der Waals surface area contributed by atoms with Gasteiger partial charge in [-0.3, -0.25) is 0 Å². The van der Waals surface area contributed by atoms with Crippen molar-refractivity contribution in [2.45, 2.75) is 14.2 Å². The maximum Gasteiger partial charge on any atom is 0.373 e. The van der Waals surface area contributed by atoms with E-state index in [1.54, 1.807) is 12.1 Å². The summed E-state index contributed by atoms with van der Waals surface area (Å²) in [6.07, 6.45) is 0. The second-order valence-electron chi connectivity index (χ2n) is 4.39. The largest absolute Gasteiger partial charge is 0.373 e. The number of sulfone groups is 2. The Morgan fingerprint density at radius 2 is 1.05 bits per heavy atom. The molecule has 2 aromatic rings. The summed E-state index contributed by atoms with van der Waals surface area (Å²) in [6.45, 7) is 0. The van der Waals surface area contributed by atoms with Crippen LogP contribution in [0.3, 0.4) is 0 Å². The minimum atomic E-state index is -4.25. The monoisotopic (exact) mass is 325 g/mol.